The molecule has 0 radical (unpaired) electrons. The number of hydrogen-bond acceptors (Lipinski definition) is 18. The number of aldehydes is 1. The number of benzene rings is 3. The summed E-state index contributed by atoms with van der Waals surface area (Å²) < 4.78 is 45.8. The number of aromatic hydroxyl groups is 4. The third-order valence-electron chi connectivity index (χ3n) is 9.09. The van der Waals surface area contributed by atoms with Gasteiger partial charge in [-0.25, -0.2) is 9.59 Å². The zero-order chi connectivity index (χ0) is 47.4. The predicted octanol–water partition coefficient (Wildman–Crippen LogP) is 6.63. The van der Waals surface area contributed by atoms with Gasteiger partial charge in [0.25, 0.3) is 0 Å². The monoisotopic (exact) mass is 900 g/mol. The van der Waals surface area contributed by atoms with E-state index < -0.39 is 23.1 Å². The molecule has 2 heterocycles. The van der Waals surface area contributed by atoms with E-state index >= 15 is 0 Å². The summed E-state index contributed by atoms with van der Waals surface area (Å²) in [7, 11) is 4.70. The van der Waals surface area contributed by atoms with Gasteiger partial charge in [-0.2, -0.15) is 0 Å². The van der Waals surface area contributed by atoms with Crippen LogP contribution in [0.4, 0.5) is 0 Å². The number of esters is 1. The Balaban J connectivity index is 0.000000441. The van der Waals surface area contributed by atoms with Crippen LogP contribution in [0.5, 0.6) is 40.2 Å². The van der Waals surface area contributed by atoms with Crippen LogP contribution in [0, 0.1) is 33.6 Å². The van der Waals surface area contributed by atoms with Gasteiger partial charge in [-0.1, -0.05) is 7.43 Å². The second kappa shape index (κ2) is 27.4. The van der Waals surface area contributed by atoms with E-state index in [1.54, 1.807) is 55.9 Å². The first-order valence-corrected chi connectivity index (χ1v) is 19.4. The van der Waals surface area contributed by atoms with Gasteiger partial charge in [0.15, 0.2) is 11.9 Å². The summed E-state index contributed by atoms with van der Waals surface area (Å²) in [6, 6.07) is 8.35. The highest BCUT2D eigenvalue weighted by Gasteiger charge is 2.20. The number of rotatable bonds is 16. The van der Waals surface area contributed by atoms with Gasteiger partial charge in [0.05, 0.1) is 42.8 Å². The van der Waals surface area contributed by atoms with Crippen molar-refractivity contribution in [3.05, 3.63) is 85.1 Å². The van der Waals surface area contributed by atoms with Crippen LogP contribution in [0.15, 0.2) is 54.8 Å². The molecule has 0 fully saturated rings. The fraction of sp³-hybridized carbons (Fsp3) is 0.413. The molecule has 0 aliphatic carbocycles. The highest BCUT2D eigenvalue weighted by molar-refractivity contribution is 6.01. The molecule has 0 bridgehead atoms. The Morgan fingerprint density at radius 3 is 1.61 bits per heavy atom. The van der Waals surface area contributed by atoms with Crippen LogP contribution in [0.25, 0.3) is 21.9 Å². The van der Waals surface area contributed by atoms with Gasteiger partial charge in [0, 0.05) is 68.9 Å². The third kappa shape index (κ3) is 15.9. The molecule has 64 heavy (non-hydrogen) atoms. The molecule has 18 heteroatoms. The van der Waals surface area contributed by atoms with Crippen molar-refractivity contribution in [1.82, 2.24) is 0 Å². The zero-order valence-electron chi connectivity index (χ0n) is 37.1. The first-order valence-electron chi connectivity index (χ1n) is 19.4. The molecule has 0 amide bonds. The summed E-state index contributed by atoms with van der Waals surface area (Å²) in [6.07, 6.45) is 0.453. The maximum Gasteiger partial charge on any atom is 0.339 e. The number of hydrogen-bond donors (Lipinski definition) is 4. The van der Waals surface area contributed by atoms with E-state index in [1.807, 2.05) is 6.92 Å². The van der Waals surface area contributed by atoms with Gasteiger partial charge < -0.3 is 62.4 Å². The quantitative estimate of drug-likeness (QED) is 0.0266. The Kier molecular flexibility index (Phi) is 23.7. The number of carbonyl (C=O) groups is 3. The van der Waals surface area contributed by atoms with Crippen LogP contribution in [0.3, 0.4) is 0 Å². The number of ether oxygens (including phenoxy) is 7. The van der Waals surface area contributed by atoms with E-state index in [4.69, 9.17) is 47.5 Å². The van der Waals surface area contributed by atoms with Crippen molar-refractivity contribution >= 4 is 40.0 Å². The van der Waals surface area contributed by atoms with E-state index in [9.17, 15) is 34.2 Å². The van der Waals surface area contributed by atoms with E-state index in [1.165, 1.54) is 43.3 Å². The fourth-order valence-electron chi connectivity index (χ4n) is 5.29. The minimum atomic E-state index is -0.611. The molecular weight excluding hydrogens is 840 g/mol. The number of phenols is 4. The van der Waals surface area contributed by atoms with E-state index in [0.717, 1.165) is 5.56 Å². The molecule has 1 atom stereocenters. The smallest absolute Gasteiger partial charge is 0.339 e. The number of carbonyl (C=O) groups excluding carboxylic acids is 3. The standard InChI is InChI=1S/C15H16O6.C14H16O5.C9H12O4.C7H12O3.CH4/c1-8-9(2)15(18)21-14-10(7-16)11(17)6-12(13(8)14)20-5-4-19-3;1-8-9(2)14(16)19-12-7-10(15)6-11(13(8)12)18-5-4-17-3;1-12-2-3-13-9-5-7(10)4-8(11)6-9;1-4-10-7(9)5(2)6(3)8;/h6-7,17H,4-5H2,1-3H3;6-7,15H,4-5H2,1-3H3;4-6,10-11H,2-3H2,1H3;5H,4H2,1-3H3;1H4. The molecule has 0 aliphatic rings. The molecule has 5 rings (SSSR count). The second-order valence-electron chi connectivity index (χ2n) is 13.5. The van der Waals surface area contributed by atoms with Gasteiger partial charge >= 0.3 is 17.2 Å². The second-order valence-corrected chi connectivity index (χ2v) is 13.5. The maximum absolute atomic E-state index is 11.8. The lowest BCUT2D eigenvalue weighted by molar-refractivity contribution is -0.150. The van der Waals surface area contributed by atoms with E-state index in [0.29, 0.717) is 96.2 Å². The molecule has 1 unspecified atom stereocenters. The van der Waals surface area contributed by atoms with E-state index in [2.05, 4.69) is 4.74 Å². The van der Waals surface area contributed by atoms with Crippen LogP contribution in [0.1, 0.15) is 60.8 Å². The lowest BCUT2D eigenvalue weighted by Gasteiger charge is -2.13. The van der Waals surface area contributed by atoms with Gasteiger partial charge in [-0.15, -0.1) is 0 Å². The van der Waals surface area contributed by atoms with Crippen LogP contribution < -0.4 is 25.5 Å². The topological polar surface area (TPSA) is 257 Å². The zero-order valence-corrected chi connectivity index (χ0v) is 37.1. The number of methoxy groups -OCH3 is 3. The molecule has 0 aliphatic heterocycles. The summed E-state index contributed by atoms with van der Waals surface area (Å²) in [5.74, 6) is -0.295. The van der Waals surface area contributed by atoms with Crippen molar-refractivity contribution < 1.29 is 76.8 Å². The predicted molar refractivity (Wildman–Crippen MR) is 238 cm³/mol. The minimum Gasteiger partial charge on any atom is -0.508 e. The highest BCUT2D eigenvalue weighted by atomic mass is 16.5. The first-order chi connectivity index (χ1) is 29.9. The van der Waals surface area contributed by atoms with Crippen molar-refractivity contribution in [1.29, 1.82) is 0 Å². The van der Waals surface area contributed by atoms with Crippen molar-refractivity contribution in [3.63, 3.8) is 0 Å². The normalized spacial score (nSPS) is 10.7. The molecular formula is C46H60O18. The fourth-order valence-corrected chi connectivity index (χ4v) is 5.29. The van der Waals surface area contributed by atoms with Crippen molar-refractivity contribution in [2.45, 2.75) is 55.9 Å². The Morgan fingerprint density at radius 2 is 1.12 bits per heavy atom. The molecule has 2 aromatic heterocycles. The molecule has 4 N–H and O–H groups in total. The van der Waals surface area contributed by atoms with Crippen LogP contribution in [0.2, 0.25) is 0 Å². The molecule has 0 spiro atoms. The number of fused-ring (bicyclic) bond motifs is 2. The van der Waals surface area contributed by atoms with Gasteiger partial charge in [-0.05, 0) is 59.6 Å². The Bertz CT molecular complexity index is 2410. The van der Waals surface area contributed by atoms with Crippen molar-refractivity contribution in [2.75, 3.05) is 67.6 Å². The minimum absolute atomic E-state index is 0. The molecule has 0 saturated heterocycles. The van der Waals surface area contributed by atoms with Gasteiger partial charge in [0.2, 0.25) is 0 Å². The van der Waals surface area contributed by atoms with Gasteiger partial charge in [-0.3, -0.25) is 14.4 Å². The molecule has 3 aromatic carbocycles. The number of ketones is 1. The number of phenolic OH excluding ortho intramolecular Hbond substituents is 4. The molecule has 352 valence electrons. The van der Waals surface area contributed by atoms with Crippen LogP contribution >= 0.6 is 0 Å². The molecule has 0 saturated carbocycles. The number of aryl methyl sites for hydroxylation is 2. The Labute approximate surface area is 370 Å². The summed E-state index contributed by atoms with van der Waals surface area (Å²) in [5.41, 5.74) is 1.75. The summed E-state index contributed by atoms with van der Waals surface area (Å²) in [4.78, 5) is 55.8. The summed E-state index contributed by atoms with van der Waals surface area (Å²) >= 11 is 0. The van der Waals surface area contributed by atoms with Gasteiger partial charge in [0.1, 0.15) is 77.4 Å². The molecule has 5 aromatic rings. The average Bonchev–Trinajstić information content (AvgIpc) is 3.22. The first kappa shape index (κ1) is 55.4. The lowest BCUT2D eigenvalue weighted by Crippen LogP contribution is -2.20. The summed E-state index contributed by atoms with van der Waals surface area (Å²) in [5, 5.41) is 38.9. The summed E-state index contributed by atoms with van der Waals surface area (Å²) in [6.45, 7) is 14.1. The average molecular weight is 901 g/mol. The van der Waals surface area contributed by atoms with Crippen LogP contribution in [-0.2, 0) is 28.5 Å². The van der Waals surface area contributed by atoms with Crippen molar-refractivity contribution in [3.8, 4) is 40.2 Å². The van der Waals surface area contributed by atoms with Crippen molar-refractivity contribution in [2.24, 2.45) is 5.92 Å². The number of Topliss-reactive ketones (excluding diaryl/α,β-unsaturated/α-hetero) is 1. The largest absolute Gasteiger partial charge is 0.508 e. The Morgan fingerprint density at radius 1 is 0.656 bits per heavy atom. The lowest BCUT2D eigenvalue weighted by atomic mass is 10.0. The third-order valence-corrected chi connectivity index (χ3v) is 9.09. The van der Waals surface area contributed by atoms with Crippen LogP contribution in [-0.4, -0.2) is 106 Å². The Hall–Kier alpha value is -6.63. The highest BCUT2D eigenvalue weighted by Crippen LogP contribution is 2.37. The van der Waals surface area contributed by atoms with E-state index in [-0.39, 0.29) is 54.0 Å². The molecule has 18 nitrogen and oxygen atoms in total. The SMILES string of the molecule is C.CCOC(=O)C(C)C(C)=O.COCCOc1cc(O)c(C=O)c2oc(=O)c(C)c(C)c12.COCCOc1cc(O)cc(O)c1.COCCOc1cc(O)cc2oc(=O)c(C)c(C)c12. The maximum atomic E-state index is 11.8.